The molecule has 0 radical (unpaired) electrons. The van der Waals surface area contributed by atoms with E-state index in [0.29, 0.717) is 12.5 Å². The Morgan fingerprint density at radius 3 is 1.93 bits per heavy atom. The third kappa shape index (κ3) is 4.32. The zero-order valence-electron chi connectivity index (χ0n) is 10.2. The van der Waals surface area contributed by atoms with Crippen molar-refractivity contribution in [2.75, 3.05) is 13.6 Å². The fraction of sp³-hybridized carbons (Fsp3) is 0.818. The van der Waals surface area contributed by atoms with Crippen molar-refractivity contribution in [2.45, 2.75) is 27.7 Å². The van der Waals surface area contributed by atoms with E-state index in [-0.39, 0.29) is 5.91 Å². The lowest BCUT2D eigenvalue weighted by Crippen LogP contribution is -2.38. The van der Waals surface area contributed by atoms with E-state index in [1.54, 1.807) is 25.8 Å². The summed E-state index contributed by atoms with van der Waals surface area (Å²) in [5.74, 6) is -1.72. The molecule has 0 aromatic heterocycles. The van der Waals surface area contributed by atoms with Crippen molar-refractivity contribution in [1.82, 2.24) is 4.90 Å². The summed E-state index contributed by atoms with van der Waals surface area (Å²) in [6.45, 7) is 7.94. The summed E-state index contributed by atoms with van der Waals surface area (Å²) in [4.78, 5) is 24.1. The molecule has 0 spiro atoms. The molecule has 2 atom stereocenters. The van der Waals surface area contributed by atoms with Crippen LogP contribution in [0.5, 0.6) is 0 Å². The Kier molecular flexibility index (Phi) is 5.33. The third-order valence-electron chi connectivity index (χ3n) is 2.54. The number of carboxylic acids is 1. The highest BCUT2D eigenvalue weighted by molar-refractivity contribution is 5.84. The summed E-state index contributed by atoms with van der Waals surface area (Å²) in [5, 5.41) is 8.79. The fourth-order valence-electron chi connectivity index (χ4n) is 1.41. The van der Waals surface area contributed by atoms with E-state index in [1.807, 2.05) is 13.8 Å². The molecule has 0 aromatic rings. The Labute approximate surface area is 91.3 Å². The minimum absolute atomic E-state index is 0.0985. The summed E-state index contributed by atoms with van der Waals surface area (Å²) in [6, 6.07) is 0. The van der Waals surface area contributed by atoms with Crippen LogP contribution in [0.1, 0.15) is 27.7 Å². The Bertz CT molecular complexity index is 238. The van der Waals surface area contributed by atoms with Crippen molar-refractivity contribution in [3.63, 3.8) is 0 Å². The molecule has 0 aliphatic rings. The van der Waals surface area contributed by atoms with Gasteiger partial charge < -0.3 is 10.0 Å². The summed E-state index contributed by atoms with van der Waals surface area (Å²) in [7, 11) is 1.72. The number of amides is 1. The van der Waals surface area contributed by atoms with Crippen molar-refractivity contribution >= 4 is 11.9 Å². The third-order valence-corrected chi connectivity index (χ3v) is 2.54. The van der Waals surface area contributed by atoms with Gasteiger partial charge in [-0.15, -0.1) is 0 Å². The number of carbonyl (C=O) groups excluding carboxylic acids is 1. The van der Waals surface area contributed by atoms with Gasteiger partial charge in [-0.2, -0.15) is 0 Å². The van der Waals surface area contributed by atoms with Gasteiger partial charge in [-0.1, -0.05) is 27.7 Å². The highest BCUT2D eigenvalue weighted by atomic mass is 16.4. The second-order valence-electron chi connectivity index (χ2n) is 4.53. The minimum Gasteiger partial charge on any atom is -0.481 e. The highest BCUT2D eigenvalue weighted by Gasteiger charge is 2.27. The number of hydrogen-bond donors (Lipinski definition) is 1. The summed E-state index contributed by atoms with van der Waals surface area (Å²) in [5.41, 5.74) is 0. The first-order valence-electron chi connectivity index (χ1n) is 5.25. The lowest BCUT2D eigenvalue weighted by Gasteiger charge is -2.24. The maximum atomic E-state index is 11.8. The van der Waals surface area contributed by atoms with Crippen molar-refractivity contribution in [3.05, 3.63) is 0 Å². The highest BCUT2D eigenvalue weighted by Crippen LogP contribution is 2.14. The Hall–Kier alpha value is -1.06. The normalized spacial score (nSPS) is 14.8. The standard InChI is InChI=1S/C11H21NO3/c1-7(2)6-12(5)10(13)8(3)9(4)11(14)15/h7-9H,6H2,1-5H3,(H,14,15). The van der Waals surface area contributed by atoms with E-state index in [1.165, 1.54) is 0 Å². The van der Waals surface area contributed by atoms with Crippen LogP contribution in [-0.2, 0) is 9.59 Å². The van der Waals surface area contributed by atoms with Crippen LogP contribution in [0.3, 0.4) is 0 Å². The molecule has 0 fully saturated rings. The van der Waals surface area contributed by atoms with Gasteiger partial charge in [-0.3, -0.25) is 9.59 Å². The molecule has 88 valence electrons. The van der Waals surface area contributed by atoms with Crippen LogP contribution in [0.15, 0.2) is 0 Å². The van der Waals surface area contributed by atoms with Crippen LogP contribution in [0.4, 0.5) is 0 Å². The Morgan fingerprint density at radius 2 is 1.60 bits per heavy atom. The molecule has 0 bridgehead atoms. The lowest BCUT2D eigenvalue weighted by molar-refractivity contribution is -0.148. The van der Waals surface area contributed by atoms with Crippen molar-refractivity contribution in [2.24, 2.45) is 17.8 Å². The van der Waals surface area contributed by atoms with Crippen LogP contribution < -0.4 is 0 Å². The molecule has 4 heteroatoms. The fourth-order valence-corrected chi connectivity index (χ4v) is 1.41. The van der Waals surface area contributed by atoms with E-state index in [2.05, 4.69) is 0 Å². The van der Waals surface area contributed by atoms with Gasteiger partial charge in [-0.25, -0.2) is 0 Å². The van der Waals surface area contributed by atoms with E-state index in [4.69, 9.17) is 5.11 Å². The van der Waals surface area contributed by atoms with E-state index in [0.717, 1.165) is 0 Å². The number of hydrogen-bond acceptors (Lipinski definition) is 2. The smallest absolute Gasteiger partial charge is 0.307 e. The molecule has 0 rings (SSSR count). The largest absolute Gasteiger partial charge is 0.481 e. The van der Waals surface area contributed by atoms with Gasteiger partial charge in [0.1, 0.15) is 0 Å². The molecular weight excluding hydrogens is 194 g/mol. The number of rotatable bonds is 5. The van der Waals surface area contributed by atoms with Crippen molar-refractivity contribution in [3.8, 4) is 0 Å². The lowest BCUT2D eigenvalue weighted by atomic mass is 9.94. The summed E-state index contributed by atoms with van der Waals surface area (Å²) < 4.78 is 0. The average molecular weight is 215 g/mol. The molecule has 0 aliphatic heterocycles. The zero-order valence-corrected chi connectivity index (χ0v) is 10.2. The maximum absolute atomic E-state index is 11.8. The van der Waals surface area contributed by atoms with Gasteiger partial charge in [0.25, 0.3) is 0 Å². The number of carboxylic acid groups (broad SMARTS) is 1. The van der Waals surface area contributed by atoms with Crippen LogP contribution in [0.25, 0.3) is 0 Å². The number of aliphatic carboxylic acids is 1. The molecule has 15 heavy (non-hydrogen) atoms. The van der Waals surface area contributed by atoms with Crippen LogP contribution >= 0.6 is 0 Å². The molecular formula is C11H21NO3. The average Bonchev–Trinajstić information content (AvgIpc) is 2.13. The zero-order chi connectivity index (χ0) is 12.2. The first-order valence-corrected chi connectivity index (χ1v) is 5.25. The van der Waals surface area contributed by atoms with Crippen LogP contribution in [-0.4, -0.2) is 35.5 Å². The predicted molar refractivity (Wildman–Crippen MR) is 58.4 cm³/mol. The van der Waals surface area contributed by atoms with E-state index in [9.17, 15) is 9.59 Å². The first kappa shape index (κ1) is 13.9. The summed E-state index contributed by atoms with van der Waals surface area (Å²) in [6.07, 6.45) is 0. The molecule has 0 saturated carbocycles. The second kappa shape index (κ2) is 5.73. The Balaban J connectivity index is 4.37. The quantitative estimate of drug-likeness (QED) is 0.755. The van der Waals surface area contributed by atoms with Gasteiger partial charge in [-0.05, 0) is 5.92 Å². The monoisotopic (exact) mass is 215 g/mol. The van der Waals surface area contributed by atoms with Crippen LogP contribution in [0, 0.1) is 17.8 Å². The summed E-state index contributed by atoms with van der Waals surface area (Å²) >= 11 is 0. The SMILES string of the molecule is CC(C)CN(C)C(=O)C(C)C(C)C(=O)O. The van der Waals surface area contributed by atoms with E-state index < -0.39 is 17.8 Å². The topological polar surface area (TPSA) is 57.6 Å². The van der Waals surface area contributed by atoms with Gasteiger partial charge in [0.15, 0.2) is 0 Å². The number of carbonyl (C=O) groups is 2. The minimum atomic E-state index is -0.922. The molecule has 0 aromatic carbocycles. The first-order chi connectivity index (χ1) is 6.77. The predicted octanol–water partition coefficient (Wildman–Crippen LogP) is 1.46. The van der Waals surface area contributed by atoms with Gasteiger partial charge in [0, 0.05) is 19.5 Å². The van der Waals surface area contributed by atoms with Gasteiger partial charge >= 0.3 is 5.97 Å². The molecule has 0 heterocycles. The maximum Gasteiger partial charge on any atom is 0.307 e. The van der Waals surface area contributed by atoms with Gasteiger partial charge in [0.05, 0.1) is 5.92 Å². The van der Waals surface area contributed by atoms with E-state index >= 15 is 0 Å². The van der Waals surface area contributed by atoms with Gasteiger partial charge in [0.2, 0.25) is 5.91 Å². The molecule has 2 unspecified atom stereocenters. The molecule has 1 N–H and O–H groups in total. The second-order valence-corrected chi connectivity index (χ2v) is 4.53. The molecule has 1 amide bonds. The van der Waals surface area contributed by atoms with Crippen molar-refractivity contribution < 1.29 is 14.7 Å². The Morgan fingerprint density at radius 1 is 1.13 bits per heavy atom. The molecule has 4 nitrogen and oxygen atoms in total. The number of nitrogens with zero attached hydrogens (tertiary/aromatic N) is 1. The van der Waals surface area contributed by atoms with Crippen LogP contribution in [0.2, 0.25) is 0 Å². The molecule has 0 aliphatic carbocycles. The molecule has 0 saturated heterocycles. The van der Waals surface area contributed by atoms with Crippen molar-refractivity contribution in [1.29, 1.82) is 0 Å².